The summed E-state index contributed by atoms with van der Waals surface area (Å²) in [6.45, 7) is 13.4. The summed E-state index contributed by atoms with van der Waals surface area (Å²) in [5.74, 6) is 0.503. The van der Waals surface area contributed by atoms with Crippen LogP contribution in [-0.4, -0.2) is 53.4 Å². The number of hydrogen-bond acceptors (Lipinski definition) is 5. The summed E-state index contributed by atoms with van der Waals surface area (Å²) in [6, 6.07) is 13.5. The van der Waals surface area contributed by atoms with Crippen LogP contribution in [0.2, 0.25) is 0 Å². The van der Waals surface area contributed by atoms with E-state index in [1.807, 2.05) is 125 Å². The number of amides is 2. The lowest BCUT2D eigenvalue weighted by molar-refractivity contribution is 0.0818. The molecule has 1 atom stereocenters. The second kappa shape index (κ2) is 14.4. The van der Waals surface area contributed by atoms with Crippen LogP contribution in [0.15, 0.2) is 73.5 Å². The molecule has 0 fully saturated rings. The molecule has 0 bridgehead atoms. The van der Waals surface area contributed by atoms with Crippen LogP contribution in [0.1, 0.15) is 74.1 Å². The molecule has 1 N–H and O–H groups in total. The fourth-order valence-electron chi connectivity index (χ4n) is 4.62. The molecule has 42 heavy (non-hydrogen) atoms. The fraction of sp³-hybridized carbons (Fsp3) is 0.353. The van der Waals surface area contributed by atoms with Gasteiger partial charge >= 0.3 is 0 Å². The number of nitrogens with zero attached hydrogens (tertiary/aromatic N) is 4. The predicted molar refractivity (Wildman–Crippen MR) is 174 cm³/mol. The largest absolute Gasteiger partial charge is 0.494 e. The summed E-state index contributed by atoms with van der Waals surface area (Å²) in [7, 11) is 5.34. The summed E-state index contributed by atoms with van der Waals surface area (Å²) in [5.41, 5.74) is 5.77. The van der Waals surface area contributed by atoms with E-state index in [4.69, 9.17) is 4.74 Å². The van der Waals surface area contributed by atoms with Gasteiger partial charge in [-0.15, -0.1) is 0 Å². The van der Waals surface area contributed by atoms with Crippen LogP contribution in [0, 0.1) is 6.92 Å². The lowest BCUT2D eigenvalue weighted by atomic mass is 10.00. The molecule has 4 rings (SSSR count). The van der Waals surface area contributed by atoms with Crippen LogP contribution in [0.25, 0.3) is 11.1 Å². The van der Waals surface area contributed by atoms with E-state index >= 15 is 0 Å². The normalized spacial score (nSPS) is 12.9. The van der Waals surface area contributed by atoms with Gasteiger partial charge in [0, 0.05) is 76.9 Å². The number of aryl methyl sites for hydroxylation is 2. The summed E-state index contributed by atoms with van der Waals surface area (Å²) < 4.78 is 7.70. The molecule has 0 aliphatic carbocycles. The fourth-order valence-corrected chi connectivity index (χ4v) is 4.62. The Bertz CT molecular complexity index is 1450. The number of ether oxygens (including phenoxy) is 1. The van der Waals surface area contributed by atoms with Crippen LogP contribution >= 0.6 is 0 Å². The lowest BCUT2D eigenvalue weighted by Gasteiger charge is -2.25. The highest BCUT2D eigenvalue weighted by molar-refractivity contribution is 5.97. The SMILES string of the molecule is CC.CCOc1cc(-c2cc(C(=O)N(C)C)n(C)c2)cc([C@@H](C)NC(=O)c2cc(N3C=CN(CC)C=C3)ccc2C)c1.[HH]. The van der Waals surface area contributed by atoms with Gasteiger partial charge in [0.1, 0.15) is 11.4 Å². The molecular formula is C34H47N5O3. The highest BCUT2D eigenvalue weighted by Gasteiger charge is 2.19. The Morgan fingerprint density at radius 2 is 1.67 bits per heavy atom. The third-order valence-corrected chi connectivity index (χ3v) is 7.02. The van der Waals surface area contributed by atoms with Crippen molar-refractivity contribution in [3.05, 3.63) is 95.8 Å². The number of aromatic nitrogens is 1. The third-order valence-electron chi connectivity index (χ3n) is 7.02. The number of benzene rings is 2. The Hall–Kier alpha value is -4.46. The molecular weight excluding hydrogens is 526 g/mol. The summed E-state index contributed by atoms with van der Waals surface area (Å²) in [5, 5.41) is 3.17. The molecule has 8 nitrogen and oxygen atoms in total. The molecule has 0 unspecified atom stereocenters. The Morgan fingerprint density at radius 3 is 2.29 bits per heavy atom. The van der Waals surface area contributed by atoms with Crippen LogP contribution < -0.4 is 15.0 Å². The van der Waals surface area contributed by atoms with Crippen LogP contribution in [-0.2, 0) is 7.05 Å². The molecule has 2 heterocycles. The minimum absolute atomic E-state index is 0. The summed E-state index contributed by atoms with van der Waals surface area (Å²) in [6.07, 6.45) is 9.93. The average Bonchev–Trinajstić information content (AvgIpc) is 3.39. The van der Waals surface area contributed by atoms with Gasteiger partial charge in [-0.25, -0.2) is 0 Å². The van der Waals surface area contributed by atoms with Gasteiger partial charge in [-0.3, -0.25) is 9.59 Å². The first-order chi connectivity index (χ1) is 20.1. The lowest BCUT2D eigenvalue weighted by Crippen LogP contribution is -2.27. The zero-order valence-electron chi connectivity index (χ0n) is 26.4. The first-order valence-corrected chi connectivity index (χ1v) is 14.6. The van der Waals surface area contributed by atoms with Crippen LogP contribution in [0.4, 0.5) is 5.69 Å². The topological polar surface area (TPSA) is 70.0 Å². The van der Waals surface area contributed by atoms with Gasteiger partial charge in [0.2, 0.25) is 0 Å². The molecule has 226 valence electrons. The van der Waals surface area contributed by atoms with Gasteiger partial charge in [-0.05, 0) is 80.8 Å². The number of carbonyl (C=O) groups is 2. The molecule has 1 aromatic heterocycles. The van der Waals surface area contributed by atoms with E-state index in [-0.39, 0.29) is 19.3 Å². The minimum Gasteiger partial charge on any atom is -0.494 e. The number of anilines is 1. The number of nitrogens with one attached hydrogen (secondary N) is 1. The summed E-state index contributed by atoms with van der Waals surface area (Å²) in [4.78, 5) is 31.7. The standard InChI is InChI=1S/C32H39N5O3.C2H6.H2/c1-8-36-12-14-37(15-13-36)27-11-10-22(3)29(20-27)31(38)33-23(4)24-16-25(18-28(17-24)40-9-2)26-19-30(35(7)21-26)32(39)34(5)6;1-2;/h10-21,23H,8-9H2,1-7H3,(H,33,38);1-2H3;1H/t23-;;/m1../s1. The predicted octanol–water partition coefficient (Wildman–Crippen LogP) is 6.95. The van der Waals surface area contributed by atoms with Crippen molar-refractivity contribution >= 4 is 17.5 Å². The Labute approximate surface area is 252 Å². The number of hydrogen-bond donors (Lipinski definition) is 1. The van der Waals surface area contributed by atoms with Crippen LogP contribution in [0.3, 0.4) is 0 Å². The molecule has 1 aliphatic heterocycles. The van der Waals surface area contributed by atoms with Crippen molar-refractivity contribution in [2.45, 2.75) is 47.6 Å². The first-order valence-electron chi connectivity index (χ1n) is 14.6. The highest BCUT2D eigenvalue weighted by atomic mass is 16.5. The van der Waals surface area contributed by atoms with E-state index in [1.54, 1.807) is 19.0 Å². The minimum atomic E-state index is -0.283. The number of rotatable bonds is 9. The molecule has 3 aromatic rings. The quantitative estimate of drug-likeness (QED) is 0.300. The van der Waals surface area contributed by atoms with Crippen molar-refractivity contribution in [3.8, 4) is 16.9 Å². The molecule has 2 aromatic carbocycles. The monoisotopic (exact) mass is 573 g/mol. The van der Waals surface area contributed by atoms with Crippen molar-refractivity contribution in [1.82, 2.24) is 19.7 Å². The van der Waals surface area contributed by atoms with E-state index in [0.717, 1.165) is 34.5 Å². The van der Waals surface area contributed by atoms with Gasteiger partial charge in [0.05, 0.1) is 12.6 Å². The summed E-state index contributed by atoms with van der Waals surface area (Å²) >= 11 is 0. The maximum Gasteiger partial charge on any atom is 0.269 e. The van der Waals surface area contributed by atoms with Gasteiger partial charge in [0.15, 0.2) is 0 Å². The van der Waals surface area contributed by atoms with E-state index in [1.165, 1.54) is 0 Å². The van der Waals surface area contributed by atoms with Crippen LogP contribution in [0.5, 0.6) is 5.75 Å². The zero-order valence-corrected chi connectivity index (χ0v) is 26.4. The maximum absolute atomic E-state index is 13.5. The van der Waals surface area contributed by atoms with E-state index < -0.39 is 0 Å². The maximum atomic E-state index is 13.5. The second-order valence-corrected chi connectivity index (χ2v) is 10.2. The van der Waals surface area contributed by atoms with E-state index in [2.05, 4.69) is 17.1 Å². The van der Waals surface area contributed by atoms with Gasteiger partial charge in [-0.1, -0.05) is 19.9 Å². The first kappa shape index (κ1) is 32.1. The number of carbonyl (C=O) groups excluding carboxylic acids is 2. The highest BCUT2D eigenvalue weighted by Crippen LogP contribution is 2.31. The van der Waals surface area contributed by atoms with Gasteiger partial charge in [0.25, 0.3) is 11.8 Å². The van der Waals surface area contributed by atoms with Crippen molar-refractivity contribution in [3.63, 3.8) is 0 Å². The zero-order chi connectivity index (χ0) is 31.0. The van der Waals surface area contributed by atoms with E-state index in [0.29, 0.717) is 23.6 Å². The second-order valence-electron chi connectivity index (χ2n) is 10.2. The average molecular weight is 574 g/mol. The van der Waals surface area contributed by atoms with Crippen molar-refractivity contribution in [2.24, 2.45) is 7.05 Å². The van der Waals surface area contributed by atoms with Gasteiger partial charge in [-0.2, -0.15) is 0 Å². The molecule has 0 radical (unpaired) electrons. The molecule has 0 spiro atoms. The Kier molecular flexibility index (Phi) is 11.0. The Balaban J connectivity index is 0.00000211. The molecule has 0 saturated carbocycles. The molecule has 1 aliphatic rings. The smallest absolute Gasteiger partial charge is 0.269 e. The van der Waals surface area contributed by atoms with Crippen molar-refractivity contribution < 1.29 is 15.8 Å². The van der Waals surface area contributed by atoms with Crippen molar-refractivity contribution in [1.29, 1.82) is 0 Å². The Morgan fingerprint density at radius 1 is 0.976 bits per heavy atom. The van der Waals surface area contributed by atoms with Crippen molar-refractivity contribution in [2.75, 3.05) is 32.1 Å². The van der Waals surface area contributed by atoms with Gasteiger partial charge < -0.3 is 29.3 Å². The van der Waals surface area contributed by atoms with E-state index in [9.17, 15) is 9.59 Å². The molecule has 2 amide bonds. The third kappa shape index (κ3) is 7.43. The molecule has 8 heteroatoms. The molecule has 0 saturated heterocycles.